The van der Waals surface area contributed by atoms with Gasteiger partial charge >= 0.3 is 0 Å². The Hall–Kier alpha value is -3.25. The number of nitrogens with two attached hydrogens (primary N) is 1. The largest absolute Gasteiger partial charge is 0.439 e. The van der Waals surface area contributed by atoms with E-state index >= 15 is 0 Å². The maximum absolute atomic E-state index is 12.9. The van der Waals surface area contributed by atoms with Gasteiger partial charge in [-0.15, -0.1) is 0 Å². The van der Waals surface area contributed by atoms with Crippen LogP contribution >= 0.6 is 0 Å². The van der Waals surface area contributed by atoms with E-state index in [4.69, 9.17) is 10.5 Å². The molecule has 0 spiro atoms. The van der Waals surface area contributed by atoms with Crippen LogP contribution in [-0.2, 0) is 13.0 Å². The van der Waals surface area contributed by atoms with Crippen molar-refractivity contribution in [3.05, 3.63) is 89.4 Å². The van der Waals surface area contributed by atoms with Gasteiger partial charge in [0.15, 0.2) is 0 Å². The summed E-state index contributed by atoms with van der Waals surface area (Å²) in [6, 6.07) is 17.9. The number of pyridine rings is 1. The van der Waals surface area contributed by atoms with Gasteiger partial charge in [0.1, 0.15) is 11.6 Å². The van der Waals surface area contributed by atoms with Gasteiger partial charge in [-0.05, 0) is 61.2 Å². The lowest BCUT2D eigenvalue weighted by Gasteiger charge is -2.14. The van der Waals surface area contributed by atoms with Crippen LogP contribution in [0.1, 0.15) is 34.8 Å². The van der Waals surface area contributed by atoms with Crippen molar-refractivity contribution in [2.75, 3.05) is 0 Å². The summed E-state index contributed by atoms with van der Waals surface area (Å²) in [5.41, 5.74) is 7.82. The molecular weight excluding hydrogens is 369 g/mol. The van der Waals surface area contributed by atoms with E-state index in [0.29, 0.717) is 23.2 Å². The van der Waals surface area contributed by atoms with E-state index in [-0.39, 0.29) is 5.82 Å². The van der Waals surface area contributed by atoms with E-state index in [1.165, 1.54) is 23.9 Å². The smallest absolute Gasteiger partial charge is 0.250 e. The zero-order valence-electron chi connectivity index (χ0n) is 16.3. The summed E-state index contributed by atoms with van der Waals surface area (Å²) < 4.78 is 18.6. The molecule has 6 heteroatoms. The fraction of sp³-hybridized carbons (Fsp3) is 0.217. The molecule has 3 aromatic rings. The molecule has 3 rings (SSSR count). The topological polar surface area (TPSA) is 77.2 Å². The predicted octanol–water partition coefficient (Wildman–Crippen LogP) is 4.22. The van der Waals surface area contributed by atoms with Gasteiger partial charge in [0, 0.05) is 24.8 Å². The van der Waals surface area contributed by atoms with Crippen LogP contribution in [-0.4, -0.2) is 16.9 Å². The Labute approximate surface area is 169 Å². The van der Waals surface area contributed by atoms with Crippen LogP contribution in [0.15, 0.2) is 66.9 Å². The predicted molar refractivity (Wildman–Crippen MR) is 110 cm³/mol. The molecule has 0 saturated carbocycles. The van der Waals surface area contributed by atoms with Crippen LogP contribution in [0.2, 0.25) is 0 Å². The fourth-order valence-electron chi connectivity index (χ4n) is 2.81. The summed E-state index contributed by atoms with van der Waals surface area (Å²) in [5, 5.41) is 3.46. The lowest BCUT2D eigenvalue weighted by molar-refractivity contribution is 0.1000. The number of aryl methyl sites for hydroxylation is 1. The number of halogens is 1. The van der Waals surface area contributed by atoms with Crippen LogP contribution in [0.4, 0.5) is 4.39 Å². The molecule has 0 fully saturated rings. The normalized spacial score (nSPS) is 11.8. The van der Waals surface area contributed by atoms with Gasteiger partial charge in [-0.25, -0.2) is 9.37 Å². The number of nitrogens with one attached hydrogen (secondary N) is 1. The minimum atomic E-state index is -0.519. The highest BCUT2D eigenvalue weighted by Crippen LogP contribution is 2.20. The monoisotopic (exact) mass is 393 g/mol. The molecule has 1 aromatic heterocycles. The number of nitrogens with zero attached hydrogens (tertiary/aromatic N) is 1. The second-order valence-electron chi connectivity index (χ2n) is 6.94. The second kappa shape index (κ2) is 9.80. The Kier molecular flexibility index (Phi) is 6.92. The second-order valence-corrected chi connectivity index (χ2v) is 6.94. The van der Waals surface area contributed by atoms with Crippen LogP contribution in [0, 0.1) is 5.82 Å². The van der Waals surface area contributed by atoms with E-state index in [1.54, 1.807) is 24.3 Å². The van der Waals surface area contributed by atoms with Gasteiger partial charge in [-0.3, -0.25) is 4.79 Å². The Morgan fingerprint density at radius 2 is 1.76 bits per heavy atom. The Balaban J connectivity index is 1.44. The third-order valence-corrected chi connectivity index (χ3v) is 4.60. The molecule has 1 atom stereocenters. The summed E-state index contributed by atoms with van der Waals surface area (Å²) in [6.07, 6.45) is 3.31. The number of carbonyl (C=O) groups is 1. The number of hydrogen-bond acceptors (Lipinski definition) is 4. The number of carbonyl (C=O) groups excluding carboxylic acids is 1. The SMILES string of the molecule is CC(CCc1ccc(Oc2ccc(C(N)=O)cn2)cc1)NCc1ccc(F)cc1. The molecule has 1 unspecified atom stereocenters. The highest BCUT2D eigenvalue weighted by Gasteiger charge is 2.05. The Morgan fingerprint density at radius 3 is 2.38 bits per heavy atom. The van der Waals surface area contributed by atoms with Gasteiger partial charge in [0.2, 0.25) is 11.8 Å². The van der Waals surface area contributed by atoms with Crippen molar-refractivity contribution in [2.45, 2.75) is 32.4 Å². The highest BCUT2D eigenvalue weighted by atomic mass is 19.1. The molecule has 2 aromatic carbocycles. The molecule has 29 heavy (non-hydrogen) atoms. The van der Waals surface area contributed by atoms with Gasteiger partial charge in [-0.2, -0.15) is 0 Å². The first-order valence-corrected chi connectivity index (χ1v) is 9.50. The summed E-state index contributed by atoms with van der Waals surface area (Å²) in [7, 11) is 0. The van der Waals surface area contributed by atoms with Gasteiger partial charge in [0.25, 0.3) is 0 Å². The van der Waals surface area contributed by atoms with Crippen molar-refractivity contribution >= 4 is 5.91 Å². The van der Waals surface area contributed by atoms with E-state index in [1.807, 2.05) is 24.3 Å². The zero-order valence-corrected chi connectivity index (χ0v) is 16.3. The van der Waals surface area contributed by atoms with Crippen LogP contribution < -0.4 is 15.8 Å². The number of amides is 1. The van der Waals surface area contributed by atoms with Gasteiger partial charge < -0.3 is 15.8 Å². The fourth-order valence-corrected chi connectivity index (χ4v) is 2.81. The number of rotatable bonds is 9. The van der Waals surface area contributed by atoms with Crippen LogP contribution in [0.3, 0.4) is 0 Å². The summed E-state index contributed by atoms with van der Waals surface area (Å²) in [6.45, 7) is 2.86. The third kappa shape index (κ3) is 6.40. The van der Waals surface area contributed by atoms with Crippen LogP contribution in [0.25, 0.3) is 0 Å². The molecule has 0 aliphatic carbocycles. The molecule has 3 N–H and O–H groups in total. The summed E-state index contributed by atoms with van der Waals surface area (Å²) in [4.78, 5) is 15.1. The first-order valence-electron chi connectivity index (χ1n) is 9.50. The molecule has 0 bridgehead atoms. The van der Waals surface area contributed by atoms with Crippen molar-refractivity contribution in [1.82, 2.24) is 10.3 Å². The molecule has 0 radical (unpaired) electrons. The number of primary amides is 1. The van der Waals surface area contributed by atoms with Gasteiger partial charge in [0.05, 0.1) is 5.56 Å². The first-order chi connectivity index (χ1) is 14.0. The maximum Gasteiger partial charge on any atom is 0.250 e. The molecule has 0 aliphatic heterocycles. The van der Waals surface area contributed by atoms with E-state index in [2.05, 4.69) is 17.2 Å². The van der Waals surface area contributed by atoms with Gasteiger partial charge in [-0.1, -0.05) is 24.3 Å². The van der Waals surface area contributed by atoms with Crippen LogP contribution in [0.5, 0.6) is 11.6 Å². The Bertz CT molecular complexity index is 926. The van der Waals surface area contributed by atoms with E-state index in [9.17, 15) is 9.18 Å². The summed E-state index contributed by atoms with van der Waals surface area (Å²) >= 11 is 0. The standard InChI is InChI=1S/C23H24FN3O2/c1-16(26-14-18-4-9-20(24)10-5-18)2-3-17-6-11-21(12-7-17)29-22-13-8-19(15-27-22)23(25)28/h4-13,15-16,26H,2-3,14H2,1H3,(H2,25,28). The Morgan fingerprint density at radius 1 is 1.07 bits per heavy atom. The lowest BCUT2D eigenvalue weighted by Crippen LogP contribution is -2.25. The lowest BCUT2D eigenvalue weighted by atomic mass is 10.1. The minimum absolute atomic E-state index is 0.215. The summed E-state index contributed by atoms with van der Waals surface area (Å²) in [5.74, 6) is 0.347. The number of benzene rings is 2. The molecule has 1 amide bonds. The molecule has 5 nitrogen and oxygen atoms in total. The van der Waals surface area contributed by atoms with E-state index < -0.39 is 5.91 Å². The average molecular weight is 393 g/mol. The van der Waals surface area contributed by atoms with Crippen molar-refractivity contribution < 1.29 is 13.9 Å². The number of aromatic nitrogens is 1. The van der Waals surface area contributed by atoms with Crippen molar-refractivity contribution in [3.8, 4) is 11.6 Å². The number of ether oxygens (including phenoxy) is 1. The first kappa shape index (κ1) is 20.5. The highest BCUT2D eigenvalue weighted by molar-refractivity contribution is 5.92. The third-order valence-electron chi connectivity index (χ3n) is 4.60. The number of hydrogen-bond donors (Lipinski definition) is 2. The van der Waals surface area contributed by atoms with E-state index in [0.717, 1.165) is 24.9 Å². The zero-order chi connectivity index (χ0) is 20.6. The molecular formula is C23H24FN3O2. The molecule has 150 valence electrons. The quantitative estimate of drug-likeness (QED) is 0.571. The molecule has 1 heterocycles. The average Bonchev–Trinajstić information content (AvgIpc) is 2.73. The minimum Gasteiger partial charge on any atom is -0.439 e. The van der Waals surface area contributed by atoms with Crippen molar-refractivity contribution in [1.29, 1.82) is 0 Å². The molecule has 0 saturated heterocycles. The molecule has 0 aliphatic rings. The van der Waals surface area contributed by atoms with Crippen molar-refractivity contribution in [3.63, 3.8) is 0 Å². The maximum atomic E-state index is 12.9. The van der Waals surface area contributed by atoms with Crippen molar-refractivity contribution in [2.24, 2.45) is 5.73 Å².